The monoisotopic (exact) mass is 270 g/mol. The molecule has 0 aromatic heterocycles. The van der Waals surface area contributed by atoms with Gasteiger partial charge in [-0.15, -0.1) is 0 Å². The maximum Gasteiger partial charge on any atom is 0.251 e. The molecule has 1 aromatic rings. The van der Waals surface area contributed by atoms with E-state index in [1.54, 1.807) is 39.1 Å². The van der Waals surface area contributed by atoms with Crippen molar-refractivity contribution in [3.05, 3.63) is 29.3 Å². The van der Waals surface area contributed by atoms with Crippen LogP contribution in [0.15, 0.2) is 18.2 Å². The maximum atomic E-state index is 11.6. The molecule has 0 unspecified atom stereocenters. The first-order chi connectivity index (χ1) is 8.39. The van der Waals surface area contributed by atoms with Gasteiger partial charge in [0.2, 0.25) is 10.0 Å². The van der Waals surface area contributed by atoms with Crippen LogP contribution in [0, 0.1) is 6.92 Å². The Kier molecular flexibility index (Phi) is 4.72. The molecule has 0 aliphatic heterocycles. The third-order valence-corrected chi connectivity index (χ3v) is 3.93. The van der Waals surface area contributed by atoms with Gasteiger partial charge in [-0.1, -0.05) is 6.92 Å². The number of hydrogen-bond acceptors (Lipinski definition) is 3. The normalized spacial score (nSPS) is 11.1. The minimum atomic E-state index is -3.30. The first-order valence-electron chi connectivity index (χ1n) is 5.73. The molecular formula is C12H18N2O3S. The van der Waals surface area contributed by atoms with Gasteiger partial charge in [-0.05, 0) is 37.1 Å². The lowest BCUT2D eigenvalue weighted by molar-refractivity contribution is 0.0963. The van der Waals surface area contributed by atoms with E-state index in [0.717, 1.165) is 5.56 Å². The van der Waals surface area contributed by atoms with Crippen LogP contribution >= 0.6 is 0 Å². The van der Waals surface area contributed by atoms with Crippen LogP contribution in [0.5, 0.6) is 0 Å². The number of anilines is 1. The van der Waals surface area contributed by atoms with Gasteiger partial charge in [0.15, 0.2) is 0 Å². The van der Waals surface area contributed by atoms with Crippen LogP contribution < -0.4 is 10.0 Å². The summed E-state index contributed by atoms with van der Waals surface area (Å²) in [4.78, 5) is 11.4. The second-order valence-electron chi connectivity index (χ2n) is 4.03. The number of hydrogen-bond donors (Lipinski definition) is 2. The Hall–Kier alpha value is -1.56. The molecule has 0 fully saturated rings. The second-order valence-corrected chi connectivity index (χ2v) is 5.87. The molecule has 18 heavy (non-hydrogen) atoms. The zero-order valence-electron chi connectivity index (χ0n) is 10.8. The number of amides is 1. The lowest BCUT2D eigenvalue weighted by Crippen LogP contribution is -2.19. The van der Waals surface area contributed by atoms with Crippen molar-refractivity contribution in [2.45, 2.75) is 20.3 Å². The number of carbonyl (C=O) groups is 1. The zero-order valence-corrected chi connectivity index (χ0v) is 11.6. The van der Waals surface area contributed by atoms with E-state index in [1.807, 2.05) is 0 Å². The van der Waals surface area contributed by atoms with Gasteiger partial charge < -0.3 is 5.32 Å². The van der Waals surface area contributed by atoms with Gasteiger partial charge >= 0.3 is 0 Å². The van der Waals surface area contributed by atoms with Crippen LogP contribution in [-0.4, -0.2) is 27.1 Å². The van der Waals surface area contributed by atoms with E-state index in [0.29, 0.717) is 17.7 Å². The van der Waals surface area contributed by atoms with Gasteiger partial charge in [0.05, 0.1) is 11.4 Å². The molecule has 1 rings (SSSR count). The minimum Gasteiger partial charge on any atom is -0.355 e. The van der Waals surface area contributed by atoms with Crippen molar-refractivity contribution in [3.63, 3.8) is 0 Å². The first-order valence-corrected chi connectivity index (χ1v) is 7.38. The highest BCUT2D eigenvalue weighted by molar-refractivity contribution is 7.92. The molecule has 0 aliphatic carbocycles. The van der Waals surface area contributed by atoms with Crippen LogP contribution in [0.2, 0.25) is 0 Å². The standard InChI is InChI=1S/C12H18N2O3S/c1-4-7-18(16,17)14-11-6-5-10(8-9(11)2)12(15)13-3/h5-6,8,14H,4,7H2,1-3H3,(H,13,15). The molecule has 1 amide bonds. The maximum absolute atomic E-state index is 11.6. The molecule has 2 N–H and O–H groups in total. The third-order valence-electron chi connectivity index (χ3n) is 2.45. The van der Waals surface area contributed by atoms with Crippen molar-refractivity contribution >= 4 is 21.6 Å². The largest absolute Gasteiger partial charge is 0.355 e. The van der Waals surface area contributed by atoms with Crippen LogP contribution in [0.4, 0.5) is 5.69 Å². The molecule has 0 spiro atoms. The molecule has 6 heteroatoms. The first kappa shape index (κ1) is 14.5. The molecule has 0 aliphatic rings. The Morgan fingerprint density at radius 2 is 2.00 bits per heavy atom. The second kappa shape index (κ2) is 5.86. The fraction of sp³-hybridized carbons (Fsp3) is 0.417. The summed E-state index contributed by atoms with van der Waals surface area (Å²) >= 11 is 0. The lowest BCUT2D eigenvalue weighted by atomic mass is 10.1. The summed E-state index contributed by atoms with van der Waals surface area (Å²) in [7, 11) is -1.75. The average Bonchev–Trinajstić information content (AvgIpc) is 2.30. The molecule has 0 heterocycles. The molecule has 0 atom stereocenters. The van der Waals surface area contributed by atoms with E-state index in [1.165, 1.54) is 0 Å². The molecule has 100 valence electrons. The van der Waals surface area contributed by atoms with E-state index >= 15 is 0 Å². The van der Waals surface area contributed by atoms with Gasteiger partial charge in [0.25, 0.3) is 5.91 Å². The van der Waals surface area contributed by atoms with Gasteiger partial charge in [0, 0.05) is 12.6 Å². The van der Waals surface area contributed by atoms with Crippen molar-refractivity contribution in [1.82, 2.24) is 5.32 Å². The molecule has 0 bridgehead atoms. The van der Waals surface area contributed by atoms with Crippen LogP contribution in [0.1, 0.15) is 29.3 Å². The van der Waals surface area contributed by atoms with Crippen LogP contribution in [0.25, 0.3) is 0 Å². The highest BCUT2D eigenvalue weighted by atomic mass is 32.2. The molecule has 5 nitrogen and oxygen atoms in total. The van der Waals surface area contributed by atoms with Crippen molar-refractivity contribution < 1.29 is 13.2 Å². The molecule has 0 radical (unpaired) electrons. The Labute approximate surface area is 108 Å². The van der Waals surface area contributed by atoms with E-state index < -0.39 is 10.0 Å². The number of nitrogens with one attached hydrogen (secondary N) is 2. The van der Waals surface area contributed by atoms with E-state index in [-0.39, 0.29) is 11.7 Å². The number of aryl methyl sites for hydroxylation is 1. The van der Waals surface area contributed by atoms with Crippen LogP contribution in [0.3, 0.4) is 0 Å². The van der Waals surface area contributed by atoms with Crippen molar-refractivity contribution in [2.24, 2.45) is 0 Å². The molecule has 0 saturated carbocycles. The lowest BCUT2D eigenvalue weighted by Gasteiger charge is -2.11. The van der Waals surface area contributed by atoms with Gasteiger partial charge in [-0.2, -0.15) is 0 Å². The molecule has 1 aromatic carbocycles. The fourth-order valence-corrected chi connectivity index (χ4v) is 2.75. The summed E-state index contributed by atoms with van der Waals surface area (Å²) in [5.41, 5.74) is 1.74. The van der Waals surface area contributed by atoms with Crippen LogP contribution in [-0.2, 0) is 10.0 Å². The quantitative estimate of drug-likeness (QED) is 0.851. The highest BCUT2D eigenvalue weighted by Gasteiger charge is 2.12. The summed E-state index contributed by atoms with van der Waals surface area (Å²) in [5.74, 6) is -0.107. The number of carbonyl (C=O) groups excluding carboxylic acids is 1. The Balaban J connectivity index is 2.97. The molecule has 0 saturated heterocycles. The number of benzene rings is 1. The van der Waals surface area contributed by atoms with Gasteiger partial charge in [0.1, 0.15) is 0 Å². The predicted molar refractivity (Wildman–Crippen MR) is 72.3 cm³/mol. The Morgan fingerprint density at radius 3 is 2.50 bits per heavy atom. The predicted octanol–water partition coefficient (Wildman–Crippen LogP) is 1.51. The summed E-state index contributed by atoms with van der Waals surface area (Å²) in [5, 5.41) is 2.52. The smallest absolute Gasteiger partial charge is 0.251 e. The van der Waals surface area contributed by atoms with Gasteiger partial charge in [-0.25, -0.2) is 8.42 Å². The van der Waals surface area contributed by atoms with Gasteiger partial charge in [-0.3, -0.25) is 9.52 Å². The van der Waals surface area contributed by atoms with Crippen molar-refractivity contribution in [3.8, 4) is 0 Å². The summed E-state index contributed by atoms with van der Waals surface area (Å²) in [6.07, 6.45) is 0.560. The van der Waals surface area contributed by atoms with E-state index in [4.69, 9.17) is 0 Å². The average molecular weight is 270 g/mol. The van der Waals surface area contributed by atoms with Crippen molar-refractivity contribution in [2.75, 3.05) is 17.5 Å². The Morgan fingerprint density at radius 1 is 1.33 bits per heavy atom. The number of rotatable bonds is 5. The molecular weight excluding hydrogens is 252 g/mol. The highest BCUT2D eigenvalue weighted by Crippen LogP contribution is 2.18. The SMILES string of the molecule is CCCS(=O)(=O)Nc1ccc(C(=O)NC)cc1C. The topological polar surface area (TPSA) is 75.3 Å². The summed E-state index contributed by atoms with van der Waals surface area (Å²) < 4.78 is 25.8. The zero-order chi connectivity index (χ0) is 13.8. The Bertz CT molecular complexity index is 538. The van der Waals surface area contributed by atoms with E-state index in [2.05, 4.69) is 10.0 Å². The minimum absolute atomic E-state index is 0.0869. The van der Waals surface area contributed by atoms with E-state index in [9.17, 15) is 13.2 Å². The summed E-state index contributed by atoms with van der Waals surface area (Å²) in [6, 6.07) is 4.85. The fourth-order valence-electron chi connectivity index (χ4n) is 1.55. The third kappa shape index (κ3) is 3.73. The number of sulfonamides is 1. The van der Waals surface area contributed by atoms with Crippen molar-refractivity contribution in [1.29, 1.82) is 0 Å². The summed E-state index contributed by atoms with van der Waals surface area (Å²) in [6.45, 7) is 3.57.